The van der Waals surface area contributed by atoms with E-state index in [4.69, 9.17) is 0 Å². The van der Waals surface area contributed by atoms with Gasteiger partial charge < -0.3 is 5.32 Å². The average molecular weight is 305 g/mol. The number of piperidine rings is 1. The second-order valence-electron chi connectivity index (χ2n) is 6.93. The summed E-state index contributed by atoms with van der Waals surface area (Å²) in [5.41, 5.74) is -0.0323. The molecule has 0 aromatic heterocycles. The second kappa shape index (κ2) is 7.73. The highest BCUT2D eigenvalue weighted by Crippen LogP contribution is 2.19. The first-order valence-corrected chi connectivity index (χ1v) is 9.14. The smallest absolute Gasteiger partial charge is 0.279 e. The van der Waals surface area contributed by atoms with E-state index in [1.165, 1.54) is 0 Å². The molecule has 0 aliphatic carbocycles. The summed E-state index contributed by atoms with van der Waals surface area (Å²) in [5.74, 6) is 0.607. The third-order valence-corrected chi connectivity index (χ3v) is 5.11. The maximum Gasteiger partial charge on any atom is 0.279 e. The highest BCUT2D eigenvalue weighted by Gasteiger charge is 2.28. The molecule has 0 bridgehead atoms. The molecule has 0 atom stereocenters. The molecule has 0 spiro atoms. The lowest BCUT2D eigenvalue weighted by Gasteiger charge is -2.32. The number of nitrogens with one attached hydrogen (secondary N) is 2. The first kappa shape index (κ1) is 17.9. The summed E-state index contributed by atoms with van der Waals surface area (Å²) in [6.07, 6.45) is 3.05. The van der Waals surface area contributed by atoms with Gasteiger partial charge in [-0.2, -0.15) is 12.7 Å². The van der Waals surface area contributed by atoms with Gasteiger partial charge in [-0.3, -0.25) is 0 Å². The van der Waals surface area contributed by atoms with Crippen LogP contribution in [0.3, 0.4) is 0 Å². The lowest BCUT2D eigenvalue weighted by molar-refractivity contribution is 0.263. The van der Waals surface area contributed by atoms with Crippen molar-refractivity contribution in [2.24, 2.45) is 11.3 Å². The van der Waals surface area contributed by atoms with Gasteiger partial charge in [0, 0.05) is 19.6 Å². The second-order valence-corrected chi connectivity index (χ2v) is 8.69. The molecule has 1 fully saturated rings. The minimum absolute atomic E-state index is 0.0323. The number of hydrogen-bond acceptors (Lipinski definition) is 3. The van der Waals surface area contributed by atoms with E-state index >= 15 is 0 Å². The molecule has 120 valence electrons. The van der Waals surface area contributed by atoms with E-state index in [2.05, 4.69) is 17.0 Å². The van der Waals surface area contributed by atoms with Crippen LogP contribution in [-0.4, -0.2) is 45.4 Å². The summed E-state index contributed by atoms with van der Waals surface area (Å²) in [4.78, 5) is 0. The van der Waals surface area contributed by atoms with Crippen molar-refractivity contribution in [2.45, 2.75) is 47.0 Å². The van der Waals surface area contributed by atoms with Crippen LogP contribution in [0.15, 0.2) is 0 Å². The Kier molecular flexibility index (Phi) is 6.91. The minimum Gasteiger partial charge on any atom is -0.316 e. The predicted molar refractivity (Wildman–Crippen MR) is 83.8 cm³/mol. The van der Waals surface area contributed by atoms with E-state index in [0.717, 1.165) is 32.4 Å². The van der Waals surface area contributed by atoms with Gasteiger partial charge in [0.15, 0.2) is 0 Å². The zero-order valence-corrected chi connectivity index (χ0v) is 14.2. The molecule has 20 heavy (non-hydrogen) atoms. The molecule has 6 heteroatoms. The van der Waals surface area contributed by atoms with Crippen LogP contribution >= 0.6 is 0 Å². The van der Waals surface area contributed by atoms with Crippen LogP contribution in [0, 0.1) is 11.3 Å². The van der Waals surface area contributed by atoms with Crippen molar-refractivity contribution in [3.63, 3.8) is 0 Å². The van der Waals surface area contributed by atoms with Gasteiger partial charge in [0.2, 0.25) is 0 Å². The van der Waals surface area contributed by atoms with Crippen LogP contribution in [0.25, 0.3) is 0 Å². The van der Waals surface area contributed by atoms with Crippen LogP contribution in [-0.2, 0) is 10.2 Å². The zero-order chi connectivity index (χ0) is 15.2. The average Bonchev–Trinajstić information content (AvgIpc) is 2.37. The fraction of sp³-hybridized carbons (Fsp3) is 1.00. The van der Waals surface area contributed by atoms with Crippen LogP contribution in [0.1, 0.15) is 47.0 Å². The van der Waals surface area contributed by atoms with Crippen molar-refractivity contribution in [3.8, 4) is 0 Å². The Morgan fingerprint density at radius 1 is 1.20 bits per heavy atom. The van der Waals surface area contributed by atoms with E-state index in [9.17, 15) is 8.42 Å². The zero-order valence-electron chi connectivity index (χ0n) is 13.4. The fourth-order valence-electron chi connectivity index (χ4n) is 2.24. The van der Waals surface area contributed by atoms with Gasteiger partial charge in [0.1, 0.15) is 0 Å². The van der Waals surface area contributed by atoms with Crippen LogP contribution in [0.2, 0.25) is 0 Å². The van der Waals surface area contributed by atoms with Crippen molar-refractivity contribution < 1.29 is 8.42 Å². The van der Waals surface area contributed by atoms with E-state index in [1.807, 2.05) is 20.8 Å². The van der Waals surface area contributed by atoms with Crippen LogP contribution in [0.4, 0.5) is 0 Å². The molecule has 2 N–H and O–H groups in total. The quantitative estimate of drug-likeness (QED) is 0.702. The lowest BCUT2D eigenvalue weighted by Crippen LogP contribution is -2.47. The molecule has 1 saturated heterocycles. The van der Waals surface area contributed by atoms with Crippen molar-refractivity contribution in [3.05, 3.63) is 0 Å². The Morgan fingerprint density at radius 3 is 2.30 bits per heavy atom. The Labute approximate surface area is 124 Å². The van der Waals surface area contributed by atoms with E-state index < -0.39 is 10.2 Å². The summed E-state index contributed by atoms with van der Waals surface area (Å²) in [5, 5.41) is 3.42. The van der Waals surface area contributed by atoms with Gasteiger partial charge in [-0.1, -0.05) is 27.7 Å². The number of hydrogen-bond donors (Lipinski definition) is 2. The maximum absolute atomic E-state index is 12.2. The molecule has 5 nitrogen and oxygen atoms in total. The maximum atomic E-state index is 12.2. The SMILES string of the molecule is CCCNCC1CCN(S(=O)(=O)NCC(C)(C)C)CC1. The molecule has 1 aliphatic rings. The van der Waals surface area contributed by atoms with Crippen molar-refractivity contribution in [1.82, 2.24) is 14.3 Å². The molecule has 1 rings (SSSR count). The molecule has 0 radical (unpaired) electrons. The van der Waals surface area contributed by atoms with Crippen LogP contribution < -0.4 is 10.0 Å². The van der Waals surface area contributed by atoms with Crippen molar-refractivity contribution in [2.75, 3.05) is 32.7 Å². The van der Waals surface area contributed by atoms with E-state index in [1.54, 1.807) is 4.31 Å². The van der Waals surface area contributed by atoms with Gasteiger partial charge in [-0.25, -0.2) is 4.72 Å². The normalized spacial score (nSPS) is 19.4. The van der Waals surface area contributed by atoms with Gasteiger partial charge in [-0.15, -0.1) is 0 Å². The van der Waals surface area contributed by atoms with Gasteiger partial charge in [0.25, 0.3) is 10.2 Å². The minimum atomic E-state index is -3.30. The third-order valence-electron chi connectivity index (χ3n) is 3.56. The summed E-state index contributed by atoms with van der Waals surface area (Å²) in [6.45, 7) is 12.1. The van der Waals surface area contributed by atoms with Gasteiger partial charge in [-0.05, 0) is 43.7 Å². The molecule has 0 saturated carbocycles. The lowest BCUT2D eigenvalue weighted by atomic mass is 9.98. The summed E-state index contributed by atoms with van der Waals surface area (Å²) >= 11 is 0. The first-order chi connectivity index (χ1) is 9.24. The summed E-state index contributed by atoms with van der Waals surface area (Å²) in [7, 11) is -3.30. The van der Waals surface area contributed by atoms with Gasteiger partial charge in [0.05, 0.1) is 0 Å². The molecule has 0 aromatic carbocycles. The molecule has 0 aromatic rings. The molecule has 1 aliphatic heterocycles. The topological polar surface area (TPSA) is 61.4 Å². The van der Waals surface area contributed by atoms with Crippen LogP contribution in [0.5, 0.6) is 0 Å². The molecule has 1 heterocycles. The first-order valence-electron chi connectivity index (χ1n) is 7.70. The van der Waals surface area contributed by atoms with Crippen molar-refractivity contribution >= 4 is 10.2 Å². The highest BCUT2D eigenvalue weighted by molar-refractivity contribution is 7.87. The molecular weight excluding hydrogens is 274 g/mol. The number of rotatable bonds is 7. The highest BCUT2D eigenvalue weighted by atomic mass is 32.2. The Morgan fingerprint density at radius 2 is 1.80 bits per heavy atom. The standard InChI is InChI=1S/C14H31N3O2S/c1-5-8-15-11-13-6-9-17(10-7-13)20(18,19)16-12-14(2,3)4/h13,15-16H,5-12H2,1-4H3. The van der Waals surface area contributed by atoms with E-state index in [-0.39, 0.29) is 5.41 Å². The fourth-order valence-corrected chi connectivity index (χ4v) is 3.73. The monoisotopic (exact) mass is 305 g/mol. The Bertz CT molecular complexity index is 368. The summed E-state index contributed by atoms with van der Waals surface area (Å²) in [6, 6.07) is 0. The largest absolute Gasteiger partial charge is 0.316 e. The number of nitrogens with zero attached hydrogens (tertiary/aromatic N) is 1. The molecule has 0 unspecified atom stereocenters. The molecule has 0 amide bonds. The van der Waals surface area contributed by atoms with Crippen molar-refractivity contribution in [1.29, 1.82) is 0 Å². The summed E-state index contributed by atoms with van der Waals surface area (Å²) < 4.78 is 28.7. The van der Waals surface area contributed by atoms with E-state index in [0.29, 0.717) is 25.6 Å². The van der Waals surface area contributed by atoms with Gasteiger partial charge >= 0.3 is 0 Å². The Balaban J connectivity index is 2.36. The molecular formula is C14H31N3O2S. The predicted octanol–water partition coefficient (Wildman–Crippen LogP) is 1.58. The Hall–Kier alpha value is -0.170. The third kappa shape index (κ3) is 6.52.